The molecule has 6 heteroatoms. The largest absolute Gasteiger partial charge is 5.00 e. The third kappa shape index (κ3) is 12.6. The fourth-order valence-corrected chi connectivity index (χ4v) is 0.841. The van der Waals surface area contributed by atoms with Gasteiger partial charge < -0.3 is 24.3 Å². The molecule has 0 N–H and O–H groups in total. The van der Waals surface area contributed by atoms with Crippen LogP contribution in [0.4, 0.5) is 0 Å². The topological polar surface area (TPSA) is 46.1 Å². The smallest absolute Gasteiger partial charge is 1.00 e. The molecule has 0 aromatic heterocycles. The molecule has 2 aromatic rings. The fraction of sp³-hybridized carbons (Fsp3) is 0. The van der Waals surface area contributed by atoms with Crippen LogP contribution in [0.5, 0.6) is 11.5 Å². The molecule has 18 heavy (non-hydrogen) atoms. The fourth-order valence-electron chi connectivity index (χ4n) is 0.841. The molecule has 0 aliphatic rings. The van der Waals surface area contributed by atoms with Crippen molar-refractivity contribution < 1.29 is 46.7 Å². The normalized spacial score (nSPS) is 6.67. The SMILES string of the molecule is [F-].[F-].[F-].[O-]c1ccccc1.[O-]c1ccccc1.[Ta+5]. The number of hydrogen-bond donors (Lipinski definition) is 0. The van der Waals surface area contributed by atoms with E-state index in [1.54, 1.807) is 24.3 Å². The molecule has 0 saturated carbocycles. The summed E-state index contributed by atoms with van der Waals surface area (Å²) in [5.74, 6) is 0.144. The standard InChI is InChI=1S/2C6H6O.3FH.Ta/c2*7-6-4-2-1-3-5-6;;;;/h2*1-5,7H;3*1H;/q;;;;;+5/p-5. The van der Waals surface area contributed by atoms with Crippen molar-refractivity contribution in [3.8, 4) is 11.5 Å². The van der Waals surface area contributed by atoms with Crippen molar-refractivity contribution in [3.05, 3.63) is 60.7 Å². The Kier molecular flexibility index (Phi) is 22.0. The van der Waals surface area contributed by atoms with Crippen molar-refractivity contribution in [3.63, 3.8) is 0 Å². The van der Waals surface area contributed by atoms with Gasteiger partial charge in [-0.15, -0.1) is 11.5 Å². The van der Waals surface area contributed by atoms with Gasteiger partial charge in [-0.2, -0.15) is 0 Å². The number of para-hydroxylation sites is 2. The van der Waals surface area contributed by atoms with Crippen LogP contribution >= 0.6 is 0 Å². The number of benzene rings is 2. The number of hydrogen-bond acceptors (Lipinski definition) is 2. The molecule has 0 radical (unpaired) electrons. The summed E-state index contributed by atoms with van der Waals surface area (Å²) in [7, 11) is 0. The Morgan fingerprint density at radius 1 is 0.500 bits per heavy atom. The van der Waals surface area contributed by atoms with Crippen molar-refractivity contribution in [2.45, 2.75) is 0 Å². The molecule has 0 bridgehead atoms. The quantitative estimate of drug-likeness (QED) is 0.422. The van der Waals surface area contributed by atoms with Crippen molar-refractivity contribution in [1.82, 2.24) is 0 Å². The number of rotatable bonds is 0. The average molecular weight is 424 g/mol. The first-order valence-corrected chi connectivity index (χ1v) is 4.23. The van der Waals surface area contributed by atoms with Gasteiger partial charge in [0.05, 0.1) is 0 Å². The van der Waals surface area contributed by atoms with Gasteiger partial charge in [-0.25, -0.2) is 0 Å². The molecule has 0 aliphatic heterocycles. The van der Waals surface area contributed by atoms with E-state index in [1.165, 1.54) is 24.3 Å². The molecule has 2 nitrogen and oxygen atoms in total. The Labute approximate surface area is 119 Å². The van der Waals surface area contributed by atoms with E-state index in [0.29, 0.717) is 0 Å². The first kappa shape index (κ1) is 25.4. The van der Waals surface area contributed by atoms with E-state index in [0.717, 1.165) is 0 Å². The molecule has 0 saturated heterocycles. The van der Waals surface area contributed by atoms with Gasteiger partial charge in [0.15, 0.2) is 0 Å². The molecule has 0 spiro atoms. The Morgan fingerprint density at radius 3 is 0.833 bits per heavy atom. The minimum atomic E-state index is 0. The molecule has 0 unspecified atom stereocenters. The van der Waals surface area contributed by atoms with E-state index in [9.17, 15) is 10.2 Å². The molecule has 2 aromatic carbocycles. The van der Waals surface area contributed by atoms with Crippen LogP contribution in [0, 0.1) is 0 Å². The van der Waals surface area contributed by atoms with Crippen molar-refractivity contribution in [1.29, 1.82) is 0 Å². The van der Waals surface area contributed by atoms with E-state index in [2.05, 4.69) is 0 Å². The van der Waals surface area contributed by atoms with Crippen LogP contribution in [-0.4, -0.2) is 0 Å². The zero-order valence-corrected chi connectivity index (χ0v) is 12.4. The van der Waals surface area contributed by atoms with Crippen LogP contribution in [-0.2, 0) is 22.4 Å². The van der Waals surface area contributed by atoms with E-state index in [1.807, 2.05) is 12.1 Å². The van der Waals surface area contributed by atoms with Gasteiger partial charge in [0.2, 0.25) is 0 Å². The van der Waals surface area contributed by atoms with Gasteiger partial charge in [-0.05, 0) is 0 Å². The summed E-state index contributed by atoms with van der Waals surface area (Å²) in [4.78, 5) is 0. The van der Waals surface area contributed by atoms with Gasteiger partial charge >= 0.3 is 22.4 Å². The predicted octanol–water partition coefficient (Wildman–Crippen LogP) is -7.47. The van der Waals surface area contributed by atoms with Gasteiger partial charge in [0.1, 0.15) is 0 Å². The zero-order valence-electron chi connectivity index (χ0n) is 9.17. The molecule has 0 amide bonds. The first-order chi connectivity index (χ1) is 6.79. The summed E-state index contributed by atoms with van der Waals surface area (Å²) >= 11 is 0. The van der Waals surface area contributed by atoms with Crippen LogP contribution in [0.15, 0.2) is 60.7 Å². The van der Waals surface area contributed by atoms with Crippen molar-refractivity contribution in [2.24, 2.45) is 0 Å². The Morgan fingerprint density at radius 2 is 0.722 bits per heavy atom. The minimum absolute atomic E-state index is 0. The molecular weight excluding hydrogens is 414 g/mol. The van der Waals surface area contributed by atoms with Crippen molar-refractivity contribution >= 4 is 0 Å². The maximum Gasteiger partial charge on any atom is 5.00 e. The number of halogens is 3. The molecule has 0 heterocycles. The first-order valence-electron chi connectivity index (χ1n) is 4.23. The summed E-state index contributed by atoms with van der Waals surface area (Å²) in [6, 6.07) is 16.7. The summed E-state index contributed by atoms with van der Waals surface area (Å²) in [5, 5.41) is 20.5. The summed E-state index contributed by atoms with van der Waals surface area (Å²) in [6.07, 6.45) is 0. The van der Waals surface area contributed by atoms with E-state index < -0.39 is 0 Å². The Bertz CT molecular complexity index is 323. The van der Waals surface area contributed by atoms with Gasteiger partial charge in [0.25, 0.3) is 0 Å². The zero-order chi connectivity index (χ0) is 10.2. The van der Waals surface area contributed by atoms with E-state index in [4.69, 9.17) is 0 Å². The van der Waals surface area contributed by atoms with Gasteiger partial charge in [-0.3, -0.25) is 0 Å². The van der Waals surface area contributed by atoms with Crippen LogP contribution in [0.3, 0.4) is 0 Å². The summed E-state index contributed by atoms with van der Waals surface area (Å²) in [6.45, 7) is 0. The molecule has 2 rings (SSSR count). The predicted molar refractivity (Wildman–Crippen MR) is 51.8 cm³/mol. The van der Waals surface area contributed by atoms with Crippen molar-refractivity contribution in [2.75, 3.05) is 0 Å². The Balaban J connectivity index is -0.0000000891. The van der Waals surface area contributed by atoms with Crippen LogP contribution < -0.4 is 24.3 Å². The van der Waals surface area contributed by atoms with Crippen LogP contribution in [0.2, 0.25) is 0 Å². The molecule has 0 atom stereocenters. The molecule has 0 fully saturated rings. The summed E-state index contributed by atoms with van der Waals surface area (Å²) < 4.78 is 0. The van der Waals surface area contributed by atoms with Crippen LogP contribution in [0.1, 0.15) is 0 Å². The van der Waals surface area contributed by atoms with Crippen LogP contribution in [0.25, 0.3) is 0 Å². The second-order valence-corrected chi connectivity index (χ2v) is 2.63. The third-order valence-corrected chi connectivity index (χ3v) is 1.49. The maximum absolute atomic E-state index is 10.3. The summed E-state index contributed by atoms with van der Waals surface area (Å²) in [5.41, 5.74) is 0. The van der Waals surface area contributed by atoms with E-state index >= 15 is 0 Å². The van der Waals surface area contributed by atoms with Gasteiger partial charge in [-0.1, -0.05) is 60.7 Å². The second-order valence-electron chi connectivity index (χ2n) is 2.63. The average Bonchev–Trinajstić information content (AvgIpc) is 2.21. The minimum Gasteiger partial charge on any atom is -1.00 e. The Hall–Kier alpha value is -1.43. The third-order valence-electron chi connectivity index (χ3n) is 1.49. The molecular formula is C12H10F3O2Ta. The van der Waals surface area contributed by atoms with Gasteiger partial charge in [0, 0.05) is 0 Å². The maximum atomic E-state index is 10.3. The molecule has 0 aliphatic carbocycles. The second kappa shape index (κ2) is 15.6. The van der Waals surface area contributed by atoms with E-state index in [-0.39, 0.29) is 48.0 Å². The monoisotopic (exact) mass is 424 g/mol. The molecule has 96 valence electrons.